The molecular formula is C23H15N3O2. The van der Waals surface area contributed by atoms with E-state index in [9.17, 15) is 0 Å². The third-order valence-electron chi connectivity index (χ3n) is 4.49. The number of hydrogen-bond acceptors (Lipinski definition) is 5. The standard InChI is InChI=1S/C23H15N3O2/c1-2-4-22-20(3-1)24-23(28-22)19-13-9-17(10-14-19)6-5-16-7-11-18(12-8-16)21-15-27-26-25-21/h1-15H/b6-5+. The Balaban J connectivity index is 1.33. The van der Waals surface area contributed by atoms with Crippen LogP contribution in [-0.4, -0.2) is 15.4 Å². The monoisotopic (exact) mass is 365 g/mol. The molecule has 0 saturated heterocycles. The van der Waals surface area contributed by atoms with E-state index in [1.165, 1.54) is 6.26 Å². The fourth-order valence-electron chi connectivity index (χ4n) is 2.98. The van der Waals surface area contributed by atoms with Gasteiger partial charge >= 0.3 is 0 Å². The van der Waals surface area contributed by atoms with Gasteiger partial charge < -0.3 is 8.94 Å². The van der Waals surface area contributed by atoms with Crippen LogP contribution in [0.25, 0.3) is 46.0 Å². The minimum atomic E-state index is 0.634. The molecule has 2 aromatic heterocycles. The number of aromatic nitrogens is 3. The molecule has 0 atom stereocenters. The number of para-hydroxylation sites is 2. The van der Waals surface area contributed by atoms with Crippen molar-refractivity contribution < 1.29 is 8.94 Å². The molecule has 5 aromatic rings. The van der Waals surface area contributed by atoms with Gasteiger partial charge in [0.25, 0.3) is 0 Å². The van der Waals surface area contributed by atoms with E-state index >= 15 is 0 Å². The van der Waals surface area contributed by atoms with Crippen LogP contribution >= 0.6 is 0 Å². The lowest BCUT2D eigenvalue weighted by Crippen LogP contribution is -1.80. The van der Waals surface area contributed by atoms with Crippen molar-refractivity contribution in [1.29, 1.82) is 0 Å². The summed E-state index contributed by atoms with van der Waals surface area (Å²) in [5.74, 6) is 0.634. The highest BCUT2D eigenvalue weighted by atomic mass is 16.5. The van der Waals surface area contributed by atoms with Crippen LogP contribution in [0.2, 0.25) is 0 Å². The summed E-state index contributed by atoms with van der Waals surface area (Å²) in [6.07, 6.45) is 5.67. The molecule has 3 aromatic carbocycles. The van der Waals surface area contributed by atoms with E-state index in [0.29, 0.717) is 5.89 Å². The fraction of sp³-hybridized carbons (Fsp3) is 0. The van der Waals surface area contributed by atoms with Crippen LogP contribution in [0.5, 0.6) is 0 Å². The van der Waals surface area contributed by atoms with Crippen molar-refractivity contribution in [2.75, 3.05) is 0 Å². The summed E-state index contributed by atoms with van der Waals surface area (Å²) in [6, 6.07) is 24.0. The smallest absolute Gasteiger partial charge is 0.227 e. The summed E-state index contributed by atoms with van der Waals surface area (Å²) < 4.78 is 10.6. The predicted octanol–water partition coefficient (Wildman–Crippen LogP) is 5.72. The van der Waals surface area contributed by atoms with Gasteiger partial charge in [0.15, 0.2) is 11.8 Å². The molecule has 0 aliphatic rings. The summed E-state index contributed by atoms with van der Waals surface area (Å²) in [5.41, 5.74) is 6.52. The summed E-state index contributed by atoms with van der Waals surface area (Å²) in [4.78, 5) is 4.53. The lowest BCUT2D eigenvalue weighted by atomic mass is 10.1. The van der Waals surface area contributed by atoms with Crippen LogP contribution in [0.3, 0.4) is 0 Å². The average molecular weight is 365 g/mol. The van der Waals surface area contributed by atoms with E-state index in [2.05, 4.69) is 39.6 Å². The number of fused-ring (bicyclic) bond motifs is 1. The van der Waals surface area contributed by atoms with Gasteiger partial charge in [-0.3, -0.25) is 0 Å². The molecule has 0 radical (unpaired) electrons. The van der Waals surface area contributed by atoms with E-state index in [1.54, 1.807) is 0 Å². The first-order valence-electron chi connectivity index (χ1n) is 8.87. The van der Waals surface area contributed by atoms with Gasteiger partial charge in [-0.25, -0.2) is 4.98 Å². The summed E-state index contributed by atoms with van der Waals surface area (Å²) in [7, 11) is 0. The number of hydrogen-bond donors (Lipinski definition) is 0. The second-order valence-corrected chi connectivity index (χ2v) is 6.35. The molecule has 0 aliphatic heterocycles. The second-order valence-electron chi connectivity index (χ2n) is 6.35. The first-order chi connectivity index (χ1) is 13.8. The summed E-state index contributed by atoms with van der Waals surface area (Å²) in [6.45, 7) is 0. The van der Waals surface area contributed by atoms with E-state index in [0.717, 1.165) is 39.0 Å². The average Bonchev–Trinajstić information content (AvgIpc) is 3.43. The van der Waals surface area contributed by atoms with Gasteiger partial charge in [0.2, 0.25) is 5.89 Å². The molecule has 0 fully saturated rings. The van der Waals surface area contributed by atoms with Crippen molar-refractivity contribution in [3.8, 4) is 22.7 Å². The summed E-state index contributed by atoms with van der Waals surface area (Å²) >= 11 is 0. The van der Waals surface area contributed by atoms with Crippen LogP contribution in [0, 0.1) is 0 Å². The van der Waals surface area contributed by atoms with Crippen LogP contribution < -0.4 is 0 Å². The molecule has 134 valence electrons. The second kappa shape index (κ2) is 6.96. The maximum Gasteiger partial charge on any atom is 0.227 e. The molecule has 28 heavy (non-hydrogen) atoms. The van der Waals surface area contributed by atoms with Crippen LogP contribution in [0.1, 0.15) is 11.1 Å². The van der Waals surface area contributed by atoms with Gasteiger partial charge in [-0.05, 0) is 35.4 Å². The van der Waals surface area contributed by atoms with Crippen molar-refractivity contribution in [2.24, 2.45) is 0 Å². The molecule has 5 nitrogen and oxygen atoms in total. The number of rotatable bonds is 4. The van der Waals surface area contributed by atoms with Gasteiger partial charge in [-0.15, -0.1) is 5.10 Å². The highest BCUT2D eigenvalue weighted by Gasteiger charge is 2.07. The first kappa shape index (κ1) is 16.2. The SMILES string of the molecule is C(=C\c1ccc(-c2nc3ccccc3o2)cc1)/c1ccc(-c2conn2)cc1. The van der Waals surface area contributed by atoms with Gasteiger partial charge in [0.05, 0.1) is 0 Å². The van der Waals surface area contributed by atoms with Crippen LogP contribution in [0.4, 0.5) is 0 Å². The third kappa shape index (κ3) is 3.21. The summed E-state index contributed by atoms with van der Waals surface area (Å²) in [5, 5.41) is 7.40. The van der Waals surface area contributed by atoms with Crippen molar-refractivity contribution >= 4 is 23.3 Å². The molecule has 5 rings (SSSR count). The zero-order chi connectivity index (χ0) is 18.8. The Bertz CT molecular complexity index is 1200. The molecule has 2 heterocycles. The quantitative estimate of drug-likeness (QED) is 0.381. The van der Waals surface area contributed by atoms with E-state index in [4.69, 9.17) is 8.94 Å². The Morgan fingerprint density at radius 3 is 2.04 bits per heavy atom. The lowest BCUT2D eigenvalue weighted by molar-refractivity contribution is 0.393. The Kier molecular flexibility index (Phi) is 4.03. The molecule has 0 N–H and O–H groups in total. The highest BCUT2D eigenvalue weighted by molar-refractivity contribution is 5.77. The largest absolute Gasteiger partial charge is 0.436 e. The third-order valence-corrected chi connectivity index (χ3v) is 4.49. The van der Waals surface area contributed by atoms with Crippen molar-refractivity contribution in [3.63, 3.8) is 0 Å². The zero-order valence-corrected chi connectivity index (χ0v) is 14.8. The predicted molar refractivity (Wildman–Crippen MR) is 108 cm³/mol. The van der Waals surface area contributed by atoms with Crippen LogP contribution in [0.15, 0.2) is 88.0 Å². The maximum atomic E-state index is 5.82. The normalized spacial score (nSPS) is 11.4. The number of oxazole rings is 1. The van der Waals surface area contributed by atoms with Crippen LogP contribution in [-0.2, 0) is 0 Å². The topological polar surface area (TPSA) is 65.0 Å². The maximum absolute atomic E-state index is 5.82. The molecule has 0 spiro atoms. The molecule has 0 bridgehead atoms. The minimum Gasteiger partial charge on any atom is -0.436 e. The molecule has 0 saturated carbocycles. The van der Waals surface area contributed by atoms with Gasteiger partial charge in [-0.2, -0.15) is 0 Å². The first-order valence-corrected chi connectivity index (χ1v) is 8.87. The highest BCUT2D eigenvalue weighted by Crippen LogP contribution is 2.25. The van der Waals surface area contributed by atoms with Crippen molar-refractivity contribution in [1.82, 2.24) is 15.4 Å². The Morgan fingerprint density at radius 1 is 0.714 bits per heavy atom. The van der Waals surface area contributed by atoms with E-state index in [-0.39, 0.29) is 0 Å². The molecule has 5 heteroatoms. The number of nitrogens with zero attached hydrogens (tertiary/aromatic N) is 3. The lowest BCUT2D eigenvalue weighted by Gasteiger charge is -1.99. The van der Waals surface area contributed by atoms with E-state index in [1.807, 2.05) is 60.7 Å². The van der Waals surface area contributed by atoms with Gasteiger partial charge in [-0.1, -0.05) is 60.7 Å². The molecule has 0 unspecified atom stereocenters. The Hall–Kier alpha value is -3.99. The number of benzene rings is 3. The van der Waals surface area contributed by atoms with Gasteiger partial charge in [0.1, 0.15) is 11.2 Å². The van der Waals surface area contributed by atoms with Gasteiger partial charge in [0, 0.05) is 16.4 Å². The fourth-order valence-corrected chi connectivity index (χ4v) is 2.98. The van der Waals surface area contributed by atoms with E-state index < -0.39 is 0 Å². The molecule has 0 aliphatic carbocycles. The Morgan fingerprint density at radius 2 is 1.39 bits per heavy atom. The Labute approximate surface area is 160 Å². The minimum absolute atomic E-state index is 0.634. The van der Waals surface area contributed by atoms with Crippen molar-refractivity contribution in [2.45, 2.75) is 0 Å². The molecular weight excluding hydrogens is 350 g/mol. The zero-order valence-electron chi connectivity index (χ0n) is 14.8. The molecule has 0 amide bonds. The van der Waals surface area contributed by atoms with Crippen molar-refractivity contribution in [3.05, 3.63) is 90.2 Å².